The highest BCUT2D eigenvalue weighted by atomic mass is 32.2. The van der Waals surface area contributed by atoms with E-state index in [1.807, 2.05) is 0 Å². The Labute approximate surface area is 132 Å². The van der Waals surface area contributed by atoms with E-state index < -0.39 is 43.4 Å². The van der Waals surface area contributed by atoms with E-state index in [1.54, 1.807) is 0 Å². The van der Waals surface area contributed by atoms with Crippen LogP contribution < -0.4 is 0 Å². The lowest BCUT2D eigenvalue weighted by Crippen LogP contribution is -2.38. The average Bonchev–Trinajstić information content (AvgIpc) is 2.33. The number of rotatable bonds is 12. The third kappa shape index (κ3) is 9.01. The quantitative estimate of drug-likeness (QED) is 0.228. The van der Waals surface area contributed by atoms with Crippen LogP contribution >= 0.6 is 0 Å². The Morgan fingerprint density at radius 1 is 0.818 bits per heavy atom. The summed E-state index contributed by atoms with van der Waals surface area (Å²) in [5, 5.41) is 14.4. The van der Waals surface area contributed by atoms with Crippen molar-refractivity contribution in [1.29, 1.82) is 0 Å². The van der Waals surface area contributed by atoms with E-state index in [-0.39, 0.29) is 6.42 Å². The fourth-order valence-corrected chi connectivity index (χ4v) is 4.02. The molecule has 0 aliphatic heterocycles. The summed E-state index contributed by atoms with van der Waals surface area (Å²) < 4.78 is 62.7. The second kappa shape index (κ2) is 9.78. The summed E-state index contributed by atoms with van der Waals surface area (Å²) >= 11 is 0. The topological polar surface area (TPSA) is 149 Å². The van der Waals surface area contributed by atoms with Crippen molar-refractivity contribution in [3.63, 3.8) is 0 Å². The molecule has 0 radical (unpaired) electrons. The van der Waals surface area contributed by atoms with Gasteiger partial charge in [0.1, 0.15) is 5.25 Å². The second-order valence-corrected chi connectivity index (χ2v) is 8.73. The lowest BCUT2D eigenvalue weighted by Gasteiger charge is -2.20. The molecule has 0 aliphatic carbocycles. The number of aliphatic hydroxyl groups is 2. The lowest BCUT2D eigenvalue weighted by molar-refractivity contribution is -0.0445. The number of hydrogen-bond donors (Lipinski definition) is 4. The maximum atomic E-state index is 11.3. The van der Waals surface area contributed by atoms with Gasteiger partial charge >= 0.3 is 0 Å². The Morgan fingerprint density at radius 2 is 1.32 bits per heavy atom. The third-order valence-electron chi connectivity index (χ3n) is 3.51. The van der Waals surface area contributed by atoms with Gasteiger partial charge in [-0.15, -0.1) is 0 Å². The van der Waals surface area contributed by atoms with Gasteiger partial charge in [-0.05, 0) is 12.8 Å². The van der Waals surface area contributed by atoms with Crippen molar-refractivity contribution in [3.05, 3.63) is 0 Å². The molecule has 10 heteroatoms. The van der Waals surface area contributed by atoms with Crippen LogP contribution in [-0.4, -0.2) is 52.9 Å². The molecule has 0 saturated carbocycles. The van der Waals surface area contributed by atoms with E-state index in [9.17, 15) is 16.8 Å². The van der Waals surface area contributed by atoms with Gasteiger partial charge in [-0.3, -0.25) is 9.11 Å². The molecule has 0 aromatic rings. The van der Waals surface area contributed by atoms with Gasteiger partial charge in [0, 0.05) is 0 Å². The van der Waals surface area contributed by atoms with Gasteiger partial charge in [0.05, 0.1) is 5.25 Å². The Bertz CT molecular complexity index is 497. The van der Waals surface area contributed by atoms with Crippen LogP contribution in [0.3, 0.4) is 0 Å². The Balaban J connectivity index is 4.66. The summed E-state index contributed by atoms with van der Waals surface area (Å²) in [7, 11) is -9.39. The number of aliphatic hydroxyl groups excluding tert-OH is 1. The minimum absolute atomic E-state index is 0.0102. The highest BCUT2D eigenvalue weighted by Crippen LogP contribution is 2.21. The molecule has 0 spiro atoms. The van der Waals surface area contributed by atoms with Crippen molar-refractivity contribution in [1.82, 2.24) is 0 Å². The van der Waals surface area contributed by atoms with E-state index in [2.05, 4.69) is 6.92 Å². The van der Waals surface area contributed by atoms with Crippen molar-refractivity contribution < 1.29 is 36.2 Å². The summed E-state index contributed by atoms with van der Waals surface area (Å²) in [6, 6.07) is 0. The van der Waals surface area contributed by atoms with Crippen LogP contribution in [0, 0.1) is 0 Å². The standard InChI is InChI=1S/C12H26O8S2/c1-2-3-4-5-6-7-8-10(21(15,16)17)9-11(12(13)14)22(18,19)20/h10-14H,2-9H2,1H3,(H,15,16,17)(H,18,19,20). The molecule has 0 aromatic carbocycles. The summed E-state index contributed by atoms with van der Waals surface area (Å²) in [5.74, 6) is 0. The van der Waals surface area contributed by atoms with Gasteiger partial charge < -0.3 is 10.2 Å². The SMILES string of the molecule is CCCCCCCCC(CC(C(O)O)S(=O)(=O)O)S(=O)(=O)O. The predicted octanol–water partition coefficient (Wildman–Crippen LogP) is 0.951. The molecule has 134 valence electrons. The molecular formula is C12H26O8S2. The molecule has 0 heterocycles. The normalized spacial score (nSPS) is 15.9. The van der Waals surface area contributed by atoms with Crippen LogP contribution in [0.2, 0.25) is 0 Å². The molecule has 2 unspecified atom stereocenters. The molecule has 2 atom stereocenters. The fourth-order valence-electron chi connectivity index (χ4n) is 2.20. The van der Waals surface area contributed by atoms with Gasteiger partial charge in [0.25, 0.3) is 20.2 Å². The van der Waals surface area contributed by atoms with Crippen molar-refractivity contribution in [2.24, 2.45) is 0 Å². The van der Waals surface area contributed by atoms with Gasteiger partial charge in [0.15, 0.2) is 6.29 Å². The minimum atomic E-state index is -4.84. The summed E-state index contributed by atoms with van der Waals surface area (Å²) in [6.45, 7) is 2.06. The minimum Gasteiger partial charge on any atom is -0.367 e. The Hall–Kier alpha value is -0.260. The van der Waals surface area contributed by atoms with Crippen LogP contribution in [0.15, 0.2) is 0 Å². The van der Waals surface area contributed by atoms with Crippen molar-refractivity contribution in [2.75, 3.05) is 0 Å². The third-order valence-corrected chi connectivity index (χ3v) is 5.98. The first kappa shape index (κ1) is 21.7. The monoisotopic (exact) mass is 362 g/mol. The molecule has 0 amide bonds. The van der Waals surface area contributed by atoms with Gasteiger partial charge in [0.2, 0.25) is 0 Å². The number of hydrogen-bond acceptors (Lipinski definition) is 6. The van der Waals surface area contributed by atoms with Gasteiger partial charge in [-0.1, -0.05) is 45.4 Å². The molecule has 8 nitrogen and oxygen atoms in total. The summed E-state index contributed by atoms with van der Waals surface area (Å²) in [6.07, 6.45) is 2.02. The first-order valence-corrected chi connectivity index (χ1v) is 10.3. The van der Waals surface area contributed by atoms with E-state index in [0.717, 1.165) is 32.1 Å². The first-order valence-electron chi connectivity index (χ1n) is 7.28. The molecule has 22 heavy (non-hydrogen) atoms. The fraction of sp³-hybridized carbons (Fsp3) is 1.00. The molecule has 0 aromatic heterocycles. The number of unbranched alkanes of at least 4 members (excludes halogenated alkanes) is 5. The smallest absolute Gasteiger partial charge is 0.272 e. The molecule has 0 aliphatic rings. The predicted molar refractivity (Wildman–Crippen MR) is 81.5 cm³/mol. The zero-order valence-corrected chi connectivity index (χ0v) is 14.3. The Kier molecular flexibility index (Phi) is 9.67. The van der Waals surface area contributed by atoms with Crippen LogP contribution in [0.4, 0.5) is 0 Å². The Morgan fingerprint density at radius 3 is 1.73 bits per heavy atom. The largest absolute Gasteiger partial charge is 0.367 e. The van der Waals surface area contributed by atoms with E-state index >= 15 is 0 Å². The molecule has 4 N–H and O–H groups in total. The zero-order chi connectivity index (χ0) is 17.4. The first-order chi connectivity index (χ1) is 10.00. The van der Waals surface area contributed by atoms with Gasteiger partial charge in [-0.25, -0.2) is 0 Å². The van der Waals surface area contributed by atoms with E-state index in [4.69, 9.17) is 19.3 Å². The summed E-state index contributed by atoms with van der Waals surface area (Å²) in [5.41, 5.74) is 0. The van der Waals surface area contributed by atoms with Crippen molar-refractivity contribution >= 4 is 20.2 Å². The molecule has 0 fully saturated rings. The zero-order valence-electron chi connectivity index (χ0n) is 12.6. The van der Waals surface area contributed by atoms with Gasteiger partial charge in [-0.2, -0.15) is 16.8 Å². The maximum Gasteiger partial charge on any atom is 0.272 e. The average molecular weight is 362 g/mol. The van der Waals surface area contributed by atoms with E-state index in [0.29, 0.717) is 6.42 Å². The maximum absolute atomic E-state index is 11.3. The van der Waals surface area contributed by atoms with Crippen LogP contribution in [0.1, 0.15) is 58.3 Å². The summed E-state index contributed by atoms with van der Waals surface area (Å²) in [4.78, 5) is 0. The van der Waals surface area contributed by atoms with Crippen LogP contribution in [0.5, 0.6) is 0 Å². The second-order valence-electron chi connectivity index (χ2n) is 5.40. The highest BCUT2D eigenvalue weighted by molar-refractivity contribution is 7.87. The molecular weight excluding hydrogens is 336 g/mol. The molecule has 0 rings (SSSR count). The lowest BCUT2D eigenvalue weighted by atomic mass is 10.1. The van der Waals surface area contributed by atoms with E-state index in [1.165, 1.54) is 0 Å². The molecule has 0 saturated heterocycles. The highest BCUT2D eigenvalue weighted by Gasteiger charge is 2.36. The molecule has 0 bridgehead atoms. The van der Waals surface area contributed by atoms with Crippen molar-refractivity contribution in [2.45, 2.75) is 75.1 Å². The van der Waals surface area contributed by atoms with Crippen LogP contribution in [-0.2, 0) is 20.2 Å². The van der Waals surface area contributed by atoms with Crippen molar-refractivity contribution in [3.8, 4) is 0 Å². The van der Waals surface area contributed by atoms with Crippen LogP contribution in [0.25, 0.3) is 0 Å².